The topological polar surface area (TPSA) is 47.1 Å². The van der Waals surface area contributed by atoms with Gasteiger partial charge in [0.1, 0.15) is 0 Å². The normalized spacial score (nSPS) is 11.5. The maximum atomic E-state index is 4.59. The first-order valence-electron chi connectivity index (χ1n) is 6.36. The van der Waals surface area contributed by atoms with E-state index in [4.69, 9.17) is 0 Å². The van der Waals surface area contributed by atoms with Gasteiger partial charge < -0.3 is 5.32 Å². The standard InChI is InChI=1S/C13H17N5S/c1-10-9-19-13-16-11(2)12(18(10)13)8-14-5-7-17-6-3-4-15-17/h3-4,6,9,14H,5,7-8H2,1-2H3. The SMILES string of the molecule is Cc1nc2scc(C)n2c1CNCCn1cccn1. The molecule has 100 valence electrons. The molecule has 0 aromatic carbocycles. The van der Waals surface area contributed by atoms with Crippen molar-refractivity contribution >= 4 is 16.3 Å². The van der Waals surface area contributed by atoms with Crippen LogP contribution in [0.5, 0.6) is 0 Å². The van der Waals surface area contributed by atoms with Crippen LogP contribution in [0.3, 0.4) is 0 Å². The number of hydrogen-bond acceptors (Lipinski definition) is 4. The second-order valence-electron chi connectivity index (χ2n) is 4.58. The molecule has 0 atom stereocenters. The molecule has 1 N–H and O–H groups in total. The summed E-state index contributed by atoms with van der Waals surface area (Å²) in [4.78, 5) is 5.67. The summed E-state index contributed by atoms with van der Waals surface area (Å²) in [5, 5.41) is 9.79. The largest absolute Gasteiger partial charge is 0.309 e. The highest BCUT2D eigenvalue weighted by Crippen LogP contribution is 2.20. The van der Waals surface area contributed by atoms with Crippen LogP contribution in [0.2, 0.25) is 0 Å². The molecule has 6 heteroatoms. The Morgan fingerprint density at radius 2 is 2.26 bits per heavy atom. The third kappa shape index (κ3) is 2.41. The van der Waals surface area contributed by atoms with Gasteiger partial charge in [-0.25, -0.2) is 4.98 Å². The van der Waals surface area contributed by atoms with Crippen LogP contribution in [0.25, 0.3) is 4.96 Å². The van der Waals surface area contributed by atoms with Crippen molar-refractivity contribution in [2.75, 3.05) is 6.54 Å². The number of imidazole rings is 1. The van der Waals surface area contributed by atoms with Crippen LogP contribution in [-0.4, -0.2) is 25.7 Å². The molecule has 3 aromatic rings. The first-order chi connectivity index (χ1) is 9.25. The number of fused-ring (bicyclic) bond motifs is 1. The van der Waals surface area contributed by atoms with Crippen LogP contribution < -0.4 is 5.32 Å². The van der Waals surface area contributed by atoms with Crippen molar-refractivity contribution in [3.05, 3.63) is 40.9 Å². The lowest BCUT2D eigenvalue weighted by molar-refractivity contribution is 0.550. The van der Waals surface area contributed by atoms with Gasteiger partial charge in [0, 0.05) is 36.6 Å². The van der Waals surface area contributed by atoms with Crippen molar-refractivity contribution in [1.82, 2.24) is 24.5 Å². The Morgan fingerprint density at radius 3 is 3.05 bits per heavy atom. The van der Waals surface area contributed by atoms with Crippen molar-refractivity contribution in [2.45, 2.75) is 26.9 Å². The minimum absolute atomic E-state index is 0.839. The molecule has 0 aliphatic rings. The average Bonchev–Trinajstić information content (AvgIpc) is 3.07. The summed E-state index contributed by atoms with van der Waals surface area (Å²) in [6.07, 6.45) is 3.78. The number of rotatable bonds is 5. The van der Waals surface area contributed by atoms with Crippen LogP contribution in [0.1, 0.15) is 17.1 Å². The summed E-state index contributed by atoms with van der Waals surface area (Å²) in [5.41, 5.74) is 3.63. The summed E-state index contributed by atoms with van der Waals surface area (Å²) >= 11 is 1.70. The van der Waals surface area contributed by atoms with E-state index in [0.717, 1.165) is 30.3 Å². The second kappa shape index (κ2) is 5.14. The lowest BCUT2D eigenvalue weighted by Gasteiger charge is -2.06. The highest BCUT2D eigenvalue weighted by atomic mass is 32.1. The zero-order valence-electron chi connectivity index (χ0n) is 11.1. The van der Waals surface area contributed by atoms with E-state index in [1.165, 1.54) is 11.4 Å². The molecule has 3 rings (SSSR count). The highest BCUT2D eigenvalue weighted by Gasteiger charge is 2.11. The van der Waals surface area contributed by atoms with Gasteiger partial charge in [0.05, 0.1) is 17.9 Å². The molecular weight excluding hydrogens is 258 g/mol. The van der Waals surface area contributed by atoms with Crippen LogP contribution in [0.4, 0.5) is 0 Å². The van der Waals surface area contributed by atoms with Gasteiger partial charge in [-0.15, -0.1) is 11.3 Å². The van der Waals surface area contributed by atoms with Crippen molar-refractivity contribution in [3.8, 4) is 0 Å². The second-order valence-corrected chi connectivity index (χ2v) is 5.42. The summed E-state index contributed by atoms with van der Waals surface area (Å²) in [7, 11) is 0. The fourth-order valence-electron chi connectivity index (χ4n) is 2.21. The molecule has 0 saturated carbocycles. The Kier molecular flexibility index (Phi) is 3.35. The first-order valence-corrected chi connectivity index (χ1v) is 7.24. The number of hydrogen-bond donors (Lipinski definition) is 1. The molecule has 3 heterocycles. The van der Waals surface area contributed by atoms with E-state index < -0.39 is 0 Å². The number of aryl methyl sites for hydroxylation is 2. The van der Waals surface area contributed by atoms with E-state index in [9.17, 15) is 0 Å². The molecule has 0 bridgehead atoms. The predicted octanol–water partition coefficient (Wildman–Crippen LogP) is 2.00. The highest BCUT2D eigenvalue weighted by molar-refractivity contribution is 7.15. The lowest BCUT2D eigenvalue weighted by atomic mass is 10.3. The quantitative estimate of drug-likeness (QED) is 0.724. The van der Waals surface area contributed by atoms with Gasteiger partial charge in [0.2, 0.25) is 0 Å². The molecule has 0 spiro atoms. The fourth-order valence-corrected chi connectivity index (χ4v) is 3.14. The van der Waals surface area contributed by atoms with Crippen molar-refractivity contribution < 1.29 is 0 Å². The molecule has 19 heavy (non-hydrogen) atoms. The molecule has 0 unspecified atom stereocenters. The van der Waals surface area contributed by atoms with Crippen LogP contribution in [-0.2, 0) is 13.1 Å². The average molecular weight is 275 g/mol. The molecule has 0 aliphatic carbocycles. The van der Waals surface area contributed by atoms with E-state index in [1.54, 1.807) is 17.5 Å². The van der Waals surface area contributed by atoms with Gasteiger partial charge in [0.15, 0.2) is 4.96 Å². The predicted molar refractivity (Wildman–Crippen MR) is 76.5 cm³/mol. The summed E-state index contributed by atoms with van der Waals surface area (Å²) < 4.78 is 4.17. The van der Waals surface area contributed by atoms with E-state index in [0.29, 0.717) is 0 Å². The first kappa shape index (κ1) is 12.4. The van der Waals surface area contributed by atoms with Crippen molar-refractivity contribution in [3.63, 3.8) is 0 Å². The maximum Gasteiger partial charge on any atom is 0.194 e. The third-order valence-electron chi connectivity index (χ3n) is 3.20. The molecule has 0 amide bonds. The number of nitrogens with one attached hydrogen (secondary N) is 1. The Bertz CT molecular complexity index is 665. The van der Waals surface area contributed by atoms with Crippen LogP contribution in [0, 0.1) is 13.8 Å². The van der Waals surface area contributed by atoms with Crippen molar-refractivity contribution in [2.24, 2.45) is 0 Å². The van der Waals surface area contributed by atoms with Crippen LogP contribution >= 0.6 is 11.3 Å². The Balaban J connectivity index is 1.65. The number of nitrogens with zero attached hydrogens (tertiary/aromatic N) is 4. The van der Waals surface area contributed by atoms with E-state index in [1.807, 2.05) is 16.9 Å². The van der Waals surface area contributed by atoms with Gasteiger partial charge in [-0.1, -0.05) is 0 Å². The molecule has 3 aromatic heterocycles. The summed E-state index contributed by atoms with van der Waals surface area (Å²) in [5.74, 6) is 0. The Morgan fingerprint density at radius 1 is 1.37 bits per heavy atom. The van der Waals surface area contributed by atoms with Gasteiger partial charge in [-0.2, -0.15) is 5.10 Å². The van der Waals surface area contributed by atoms with E-state index >= 15 is 0 Å². The zero-order valence-corrected chi connectivity index (χ0v) is 11.9. The van der Waals surface area contributed by atoms with Gasteiger partial charge in [-0.05, 0) is 19.9 Å². The van der Waals surface area contributed by atoms with Crippen molar-refractivity contribution in [1.29, 1.82) is 0 Å². The van der Waals surface area contributed by atoms with Gasteiger partial charge >= 0.3 is 0 Å². The molecule has 0 saturated heterocycles. The van der Waals surface area contributed by atoms with E-state index in [2.05, 4.69) is 39.0 Å². The summed E-state index contributed by atoms with van der Waals surface area (Å²) in [6.45, 7) is 6.82. The van der Waals surface area contributed by atoms with Crippen LogP contribution in [0.15, 0.2) is 23.8 Å². The Hall–Kier alpha value is -1.66. The van der Waals surface area contributed by atoms with Gasteiger partial charge in [0.25, 0.3) is 0 Å². The third-order valence-corrected chi connectivity index (χ3v) is 4.14. The smallest absolute Gasteiger partial charge is 0.194 e. The molecule has 0 aliphatic heterocycles. The Labute approximate surface area is 115 Å². The number of thiazole rings is 1. The monoisotopic (exact) mass is 275 g/mol. The minimum atomic E-state index is 0.839. The lowest BCUT2D eigenvalue weighted by Crippen LogP contribution is -2.21. The summed E-state index contributed by atoms with van der Waals surface area (Å²) in [6, 6.07) is 1.94. The molecule has 0 radical (unpaired) electrons. The zero-order chi connectivity index (χ0) is 13.2. The van der Waals surface area contributed by atoms with Gasteiger partial charge in [-0.3, -0.25) is 9.08 Å². The van der Waals surface area contributed by atoms with E-state index in [-0.39, 0.29) is 0 Å². The number of aromatic nitrogens is 4. The molecule has 5 nitrogen and oxygen atoms in total. The fraction of sp³-hybridized carbons (Fsp3) is 0.385. The minimum Gasteiger partial charge on any atom is -0.309 e. The maximum absolute atomic E-state index is 4.59. The molecule has 0 fully saturated rings. The molecular formula is C13H17N5S.